The van der Waals surface area contributed by atoms with Gasteiger partial charge in [0.1, 0.15) is 17.5 Å². The van der Waals surface area contributed by atoms with E-state index in [1.807, 2.05) is 11.0 Å². The maximum absolute atomic E-state index is 13.1. The van der Waals surface area contributed by atoms with Gasteiger partial charge in [-0.3, -0.25) is 4.79 Å². The number of carbonyl (C=O) groups excluding carboxylic acids is 1. The van der Waals surface area contributed by atoms with Gasteiger partial charge in [0.15, 0.2) is 0 Å². The van der Waals surface area contributed by atoms with E-state index in [2.05, 4.69) is 28.2 Å². The molecule has 2 fully saturated rings. The number of halogens is 3. The van der Waals surface area contributed by atoms with Crippen molar-refractivity contribution in [1.82, 2.24) is 14.9 Å². The van der Waals surface area contributed by atoms with Gasteiger partial charge in [0.25, 0.3) is 0 Å². The Morgan fingerprint density at radius 1 is 1.09 bits per heavy atom. The van der Waals surface area contributed by atoms with Gasteiger partial charge < -0.3 is 15.1 Å². The summed E-state index contributed by atoms with van der Waals surface area (Å²) < 4.78 is 39.3. The lowest BCUT2D eigenvalue weighted by molar-refractivity contribution is -0.137. The molecule has 2 aromatic rings. The van der Waals surface area contributed by atoms with Gasteiger partial charge in [0.2, 0.25) is 5.91 Å². The van der Waals surface area contributed by atoms with Crippen LogP contribution in [0.25, 0.3) is 0 Å². The minimum absolute atomic E-state index is 0.0859. The SMILES string of the molecule is CC(=O)N1CCC(c2cc(Nc3cc(C(F)(F)F)ccn3)nc(N3CCCC3C)c2)CC1. The molecular formula is C23H28F3N5O. The van der Waals surface area contributed by atoms with Crippen LogP contribution < -0.4 is 10.2 Å². The fraction of sp³-hybridized carbons (Fsp3) is 0.522. The molecule has 2 aliphatic rings. The summed E-state index contributed by atoms with van der Waals surface area (Å²) in [6.07, 6.45) is 0.577. The molecule has 9 heteroatoms. The van der Waals surface area contributed by atoms with Crippen LogP contribution in [0.3, 0.4) is 0 Å². The predicted molar refractivity (Wildman–Crippen MR) is 117 cm³/mol. The molecule has 1 unspecified atom stereocenters. The minimum Gasteiger partial charge on any atom is -0.354 e. The van der Waals surface area contributed by atoms with Gasteiger partial charge in [0.05, 0.1) is 5.56 Å². The summed E-state index contributed by atoms with van der Waals surface area (Å²) in [5.41, 5.74) is 0.336. The first-order chi connectivity index (χ1) is 15.2. The van der Waals surface area contributed by atoms with Crippen molar-refractivity contribution in [3.63, 3.8) is 0 Å². The number of hydrogen-bond acceptors (Lipinski definition) is 5. The van der Waals surface area contributed by atoms with Gasteiger partial charge in [-0.15, -0.1) is 0 Å². The summed E-state index contributed by atoms with van der Waals surface area (Å²) >= 11 is 0. The van der Waals surface area contributed by atoms with Crippen LogP contribution in [0, 0.1) is 0 Å². The smallest absolute Gasteiger partial charge is 0.354 e. The molecule has 32 heavy (non-hydrogen) atoms. The molecule has 0 radical (unpaired) electrons. The molecule has 1 amide bonds. The molecule has 0 aromatic carbocycles. The number of rotatable bonds is 4. The third-order valence-corrected chi connectivity index (χ3v) is 6.44. The zero-order valence-electron chi connectivity index (χ0n) is 18.3. The van der Waals surface area contributed by atoms with Crippen LogP contribution in [0.15, 0.2) is 30.5 Å². The van der Waals surface area contributed by atoms with E-state index in [4.69, 9.17) is 4.98 Å². The van der Waals surface area contributed by atoms with Crippen molar-refractivity contribution >= 4 is 23.4 Å². The fourth-order valence-corrected chi connectivity index (χ4v) is 4.59. The number of nitrogens with zero attached hydrogens (tertiary/aromatic N) is 4. The van der Waals surface area contributed by atoms with E-state index in [0.717, 1.165) is 61.9 Å². The quantitative estimate of drug-likeness (QED) is 0.718. The van der Waals surface area contributed by atoms with Crippen LogP contribution in [0.4, 0.5) is 30.6 Å². The number of piperidine rings is 1. The number of aromatic nitrogens is 2. The molecule has 172 valence electrons. The van der Waals surface area contributed by atoms with Crippen LogP contribution in [0.1, 0.15) is 56.6 Å². The van der Waals surface area contributed by atoms with Crippen molar-refractivity contribution in [1.29, 1.82) is 0 Å². The van der Waals surface area contributed by atoms with Crippen LogP contribution in [-0.2, 0) is 11.0 Å². The first kappa shape index (κ1) is 22.4. The lowest BCUT2D eigenvalue weighted by Crippen LogP contribution is -2.36. The van der Waals surface area contributed by atoms with E-state index in [1.54, 1.807) is 6.92 Å². The number of nitrogens with one attached hydrogen (secondary N) is 1. The lowest BCUT2D eigenvalue weighted by atomic mass is 9.89. The molecule has 4 heterocycles. The number of pyridine rings is 2. The van der Waals surface area contributed by atoms with Gasteiger partial charge in [-0.05, 0) is 68.4 Å². The lowest BCUT2D eigenvalue weighted by Gasteiger charge is -2.32. The third-order valence-electron chi connectivity index (χ3n) is 6.44. The Bertz CT molecular complexity index is 972. The van der Waals surface area contributed by atoms with E-state index in [1.165, 1.54) is 0 Å². The average molecular weight is 448 g/mol. The maximum atomic E-state index is 13.1. The second-order valence-electron chi connectivity index (χ2n) is 8.66. The van der Waals surface area contributed by atoms with Crippen molar-refractivity contribution in [3.8, 4) is 0 Å². The largest absolute Gasteiger partial charge is 0.416 e. The summed E-state index contributed by atoms with van der Waals surface area (Å²) in [4.78, 5) is 24.5. The summed E-state index contributed by atoms with van der Waals surface area (Å²) in [6, 6.07) is 6.31. The monoisotopic (exact) mass is 447 g/mol. The number of hydrogen-bond donors (Lipinski definition) is 1. The Morgan fingerprint density at radius 2 is 1.84 bits per heavy atom. The van der Waals surface area contributed by atoms with E-state index in [0.29, 0.717) is 24.9 Å². The Balaban J connectivity index is 1.63. The first-order valence-corrected chi connectivity index (χ1v) is 11.0. The van der Waals surface area contributed by atoms with Crippen molar-refractivity contribution in [2.24, 2.45) is 0 Å². The Kier molecular flexibility index (Phi) is 6.26. The second-order valence-corrected chi connectivity index (χ2v) is 8.66. The van der Waals surface area contributed by atoms with Crippen molar-refractivity contribution in [2.45, 2.75) is 57.7 Å². The molecule has 4 rings (SSSR count). The predicted octanol–water partition coefficient (Wildman–Crippen LogP) is 4.95. The van der Waals surface area contributed by atoms with Gasteiger partial charge in [-0.1, -0.05) is 0 Å². The number of anilines is 3. The molecule has 0 aliphatic carbocycles. The molecule has 0 bridgehead atoms. The van der Waals surface area contributed by atoms with Gasteiger partial charge in [0, 0.05) is 38.8 Å². The summed E-state index contributed by atoms with van der Waals surface area (Å²) in [5.74, 6) is 1.77. The highest BCUT2D eigenvalue weighted by molar-refractivity contribution is 5.73. The van der Waals surface area contributed by atoms with Crippen molar-refractivity contribution < 1.29 is 18.0 Å². The molecule has 2 aliphatic heterocycles. The molecule has 2 saturated heterocycles. The number of carbonyl (C=O) groups is 1. The molecule has 1 N–H and O–H groups in total. The van der Waals surface area contributed by atoms with Crippen molar-refractivity contribution in [2.75, 3.05) is 29.9 Å². The zero-order chi connectivity index (χ0) is 22.9. The molecule has 2 aromatic heterocycles. The topological polar surface area (TPSA) is 61.4 Å². The highest BCUT2D eigenvalue weighted by Gasteiger charge is 2.31. The standard InChI is InChI=1S/C23H28F3N5O/c1-15-4-3-9-31(15)22-13-18(17-6-10-30(11-7-17)16(2)32)12-21(29-22)28-20-14-19(5-8-27-20)23(24,25)26/h5,8,12-15,17H,3-4,6-7,9-11H2,1-2H3,(H,27,28,29). The number of likely N-dealkylation sites (tertiary alicyclic amines) is 1. The van der Waals surface area contributed by atoms with Crippen LogP contribution >= 0.6 is 0 Å². The molecule has 1 atom stereocenters. The highest BCUT2D eigenvalue weighted by Crippen LogP contribution is 2.35. The van der Waals surface area contributed by atoms with Crippen LogP contribution in [-0.4, -0.2) is 46.5 Å². The van der Waals surface area contributed by atoms with Gasteiger partial charge >= 0.3 is 6.18 Å². The minimum atomic E-state index is -4.44. The van der Waals surface area contributed by atoms with E-state index >= 15 is 0 Å². The fourth-order valence-electron chi connectivity index (χ4n) is 4.59. The van der Waals surface area contributed by atoms with E-state index < -0.39 is 11.7 Å². The summed E-state index contributed by atoms with van der Waals surface area (Å²) in [6.45, 7) is 6.06. The third kappa shape index (κ3) is 4.97. The highest BCUT2D eigenvalue weighted by atomic mass is 19.4. The summed E-state index contributed by atoms with van der Waals surface area (Å²) in [5, 5.41) is 2.99. The molecule has 0 spiro atoms. The molecule has 6 nitrogen and oxygen atoms in total. The first-order valence-electron chi connectivity index (χ1n) is 11.0. The van der Waals surface area contributed by atoms with E-state index in [9.17, 15) is 18.0 Å². The van der Waals surface area contributed by atoms with E-state index in [-0.39, 0.29) is 17.6 Å². The van der Waals surface area contributed by atoms with Gasteiger partial charge in [-0.2, -0.15) is 13.2 Å². The zero-order valence-corrected chi connectivity index (χ0v) is 18.3. The Hall–Kier alpha value is -2.84. The molecular weight excluding hydrogens is 419 g/mol. The molecule has 0 saturated carbocycles. The van der Waals surface area contributed by atoms with Gasteiger partial charge in [-0.25, -0.2) is 9.97 Å². The number of amides is 1. The Labute approximate surface area is 185 Å². The normalized spacial score (nSPS) is 20.0. The van der Waals surface area contributed by atoms with Crippen LogP contribution in [0.5, 0.6) is 0 Å². The van der Waals surface area contributed by atoms with Crippen LogP contribution in [0.2, 0.25) is 0 Å². The maximum Gasteiger partial charge on any atom is 0.416 e. The number of alkyl halides is 3. The summed E-state index contributed by atoms with van der Waals surface area (Å²) in [7, 11) is 0. The Morgan fingerprint density at radius 3 is 2.47 bits per heavy atom. The second kappa shape index (κ2) is 8.96. The average Bonchev–Trinajstić information content (AvgIpc) is 3.19. The van der Waals surface area contributed by atoms with Crippen molar-refractivity contribution in [3.05, 3.63) is 41.6 Å².